The van der Waals surface area contributed by atoms with Crippen LogP contribution < -0.4 is 10.6 Å². The van der Waals surface area contributed by atoms with Crippen LogP contribution in [0.25, 0.3) is 10.9 Å². The summed E-state index contributed by atoms with van der Waals surface area (Å²) in [4.78, 5) is 41.0. The molecule has 2 aromatic rings. The molecule has 2 saturated heterocycles. The zero-order valence-corrected chi connectivity index (χ0v) is 18.3. The van der Waals surface area contributed by atoms with Gasteiger partial charge in [0.2, 0.25) is 5.91 Å². The lowest BCUT2D eigenvalue weighted by molar-refractivity contribution is -0.134. The van der Waals surface area contributed by atoms with Crippen LogP contribution in [0.4, 0.5) is 10.5 Å². The van der Waals surface area contributed by atoms with Gasteiger partial charge in [0.15, 0.2) is 0 Å². The van der Waals surface area contributed by atoms with Gasteiger partial charge in [-0.05, 0) is 49.9 Å². The van der Waals surface area contributed by atoms with Gasteiger partial charge in [-0.2, -0.15) is 0 Å². The Labute approximate surface area is 186 Å². The summed E-state index contributed by atoms with van der Waals surface area (Å²) in [6.45, 7) is 6.84. The highest BCUT2D eigenvalue weighted by Crippen LogP contribution is 2.42. The summed E-state index contributed by atoms with van der Waals surface area (Å²) in [5.41, 5.74) is 0.872. The predicted octanol–water partition coefficient (Wildman–Crippen LogP) is 1.63. The van der Waals surface area contributed by atoms with Crippen molar-refractivity contribution in [2.45, 2.75) is 31.8 Å². The van der Waals surface area contributed by atoms with E-state index in [0.717, 1.165) is 68.0 Å². The van der Waals surface area contributed by atoms with E-state index < -0.39 is 11.6 Å². The van der Waals surface area contributed by atoms with Crippen molar-refractivity contribution in [1.29, 1.82) is 0 Å². The number of morpholine rings is 1. The van der Waals surface area contributed by atoms with E-state index in [0.29, 0.717) is 5.69 Å². The van der Waals surface area contributed by atoms with Crippen molar-refractivity contribution in [2.75, 3.05) is 44.7 Å². The number of ether oxygens (including phenoxy) is 1. The predicted molar refractivity (Wildman–Crippen MR) is 119 cm³/mol. The van der Waals surface area contributed by atoms with Crippen LogP contribution in [0, 0.1) is 5.92 Å². The maximum Gasteiger partial charge on any atom is 0.325 e. The zero-order valence-electron chi connectivity index (χ0n) is 18.3. The van der Waals surface area contributed by atoms with Gasteiger partial charge < -0.3 is 19.9 Å². The molecule has 2 aliphatic heterocycles. The van der Waals surface area contributed by atoms with Crippen LogP contribution in [0.2, 0.25) is 0 Å². The van der Waals surface area contributed by atoms with Crippen LogP contribution >= 0.6 is 0 Å². The van der Waals surface area contributed by atoms with Gasteiger partial charge in [0, 0.05) is 49.0 Å². The molecule has 1 saturated carbocycles. The maximum atomic E-state index is 12.7. The Morgan fingerprint density at radius 3 is 2.72 bits per heavy atom. The van der Waals surface area contributed by atoms with Crippen molar-refractivity contribution in [2.24, 2.45) is 5.92 Å². The van der Waals surface area contributed by atoms with E-state index in [9.17, 15) is 14.4 Å². The molecular formula is C23H29N5O4. The number of anilines is 1. The monoisotopic (exact) mass is 439 g/mol. The Kier molecular flexibility index (Phi) is 5.38. The number of nitrogens with one attached hydrogen (secondary N) is 2. The third-order valence-corrected chi connectivity index (χ3v) is 6.81. The first-order chi connectivity index (χ1) is 15.4. The van der Waals surface area contributed by atoms with Crippen LogP contribution in [0.15, 0.2) is 30.5 Å². The number of rotatable bonds is 7. The second-order valence-electron chi connectivity index (χ2n) is 9.08. The molecule has 3 heterocycles. The molecule has 5 rings (SSSR count). The average Bonchev–Trinajstić information content (AvgIpc) is 3.54. The van der Waals surface area contributed by atoms with Crippen LogP contribution in [0.3, 0.4) is 0 Å². The Hall–Kier alpha value is -2.91. The first-order valence-electron chi connectivity index (χ1n) is 11.3. The molecule has 1 atom stereocenters. The van der Waals surface area contributed by atoms with Crippen molar-refractivity contribution < 1.29 is 19.1 Å². The zero-order chi connectivity index (χ0) is 22.3. The highest BCUT2D eigenvalue weighted by Gasteiger charge is 2.56. The number of aromatic nitrogens is 1. The largest absolute Gasteiger partial charge is 0.379 e. The standard InChI is InChI=1S/C23H29N5O4/c1-23(17-2-3-17)21(30)28(22(31)25-23)15-20(29)24-18-4-5-19-16(14-18)6-7-27(19)9-8-26-10-12-32-13-11-26/h4-7,14,17H,2-3,8-13,15H2,1H3,(H,24,29)(H,25,31). The molecule has 1 aromatic carbocycles. The minimum Gasteiger partial charge on any atom is -0.379 e. The van der Waals surface area contributed by atoms with E-state index in [4.69, 9.17) is 4.74 Å². The van der Waals surface area contributed by atoms with Crippen LogP contribution in [0.5, 0.6) is 0 Å². The molecule has 4 amide bonds. The van der Waals surface area contributed by atoms with Gasteiger partial charge in [0.05, 0.1) is 13.2 Å². The number of amides is 4. The summed E-state index contributed by atoms with van der Waals surface area (Å²) in [6.07, 6.45) is 3.91. The number of hydrogen-bond donors (Lipinski definition) is 2. The first kappa shape index (κ1) is 21.0. The van der Waals surface area contributed by atoms with Crippen molar-refractivity contribution in [3.63, 3.8) is 0 Å². The van der Waals surface area contributed by atoms with Crippen molar-refractivity contribution >= 4 is 34.4 Å². The molecule has 170 valence electrons. The second kappa shape index (κ2) is 8.22. The Morgan fingerprint density at radius 2 is 1.97 bits per heavy atom. The molecule has 9 nitrogen and oxygen atoms in total. The summed E-state index contributed by atoms with van der Waals surface area (Å²) >= 11 is 0. The fourth-order valence-electron chi connectivity index (χ4n) is 4.69. The summed E-state index contributed by atoms with van der Waals surface area (Å²) < 4.78 is 7.61. The normalized spacial score (nSPS) is 24.2. The second-order valence-corrected chi connectivity index (χ2v) is 9.08. The number of carbonyl (C=O) groups is 3. The Balaban J connectivity index is 1.20. The number of hydrogen-bond acceptors (Lipinski definition) is 5. The number of fused-ring (bicyclic) bond motifs is 1. The molecule has 0 bridgehead atoms. The molecule has 9 heteroatoms. The average molecular weight is 440 g/mol. The smallest absolute Gasteiger partial charge is 0.325 e. The lowest BCUT2D eigenvalue weighted by Crippen LogP contribution is -2.46. The van der Waals surface area contributed by atoms with E-state index >= 15 is 0 Å². The van der Waals surface area contributed by atoms with Gasteiger partial charge in [-0.15, -0.1) is 0 Å². The number of benzene rings is 1. The summed E-state index contributed by atoms with van der Waals surface area (Å²) in [5.74, 6) is -0.533. The topological polar surface area (TPSA) is 95.9 Å². The molecule has 2 N–H and O–H groups in total. The molecule has 32 heavy (non-hydrogen) atoms. The number of urea groups is 1. The first-order valence-corrected chi connectivity index (χ1v) is 11.3. The van der Waals surface area contributed by atoms with Crippen LogP contribution in [0.1, 0.15) is 19.8 Å². The molecule has 1 aromatic heterocycles. The summed E-state index contributed by atoms with van der Waals surface area (Å²) in [5, 5.41) is 6.62. The van der Waals surface area contributed by atoms with E-state index in [-0.39, 0.29) is 24.3 Å². The van der Waals surface area contributed by atoms with Crippen molar-refractivity contribution in [3.8, 4) is 0 Å². The minimum absolute atomic E-state index is 0.168. The highest BCUT2D eigenvalue weighted by molar-refractivity contribution is 6.10. The summed E-state index contributed by atoms with van der Waals surface area (Å²) in [7, 11) is 0. The highest BCUT2D eigenvalue weighted by atomic mass is 16.5. The molecule has 3 aliphatic rings. The summed E-state index contributed by atoms with van der Waals surface area (Å²) in [6, 6.07) is 7.29. The lowest BCUT2D eigenvalue weighted by Gasteiger charge is -2.26. The van der Waals surface area contributed by atoms with Crippen molar-refractivity contribution in [3.05, 3.63) is 30.5 Å². The van der Waals surface area contributed by atoms with E-state index in [1.807, 2.05) is 24.3 Å². The van der Waals surface area contributed by atoms with Crippen molar-refractivity contribution in [1.82, 2.24) is 19.7 Å². The van der Waals surface area contributed by atoms with Gasteiger partial charge in [-0.25, -0.2) is 4.79 Å². The molecule has 1 aliphatic carbocycles. The van der Waals surface area contributed by atoms with E-state index in [1.165, 1.54) is 0 Å². The van der Waals surface area contributed by atoms with Gasteiger partial charge in [-0.3, -0.25) is 19.4 Å². The quantitative estimate of drug-likeness (QED) is 0.640. The Morgan fingerprint density at radius 1 is 1.19 bits per heavy atom. The molecule has 1 unspecified atom stereocenters. The number of carbonyl (C=O) groups excluding carboxylic acids is 3. The third kappa shape index (κ3) is 3.98. The van der Waals surface area contributed by atoms with E-state index in [2.05, 4.69) is 26.3 Å². The minimum atomic E-state index is -0.875. The van der Waals surface area contributed by atoms with Gasteiger partial charge in [0.25, 0.3) is 5.91 Å². The van der Waals surface area contributed by atoms with Gasteiger partial charge >= 0.3 is 6.03 Å². The molecule has 3 fully saturated rings. The maximum absolute atomic E-state index is 12.7. The number of nitrogens with zero attached hydrogens (tertiary/aromatic N) is 3. The molecule has 0 radical (unpaired) electrons. The van der Waals surface area contributed by atoms with Gasteiger partial charge in [0.1, 0.15) is 12.1 Å². The van der Waals surface area contributed by atoms with Gasteiger partial charge in [-0.1, -0.05) is 0 Å². The van der Waals surface area contributed by atoms with Crippen LogP contribution in [-0.2, 0) is 20.9 Å². The number of imide groups is 1. The fourth-order valence-corrected chi connectivity index (χ4v) is 4.69. The van der Waals surface area contributed by atoms with Crippen LogP contribution in [-0.4, -0.2) is 77.1 Å². The SMILES string of the molecule is CC1(C2CC2)NC(=O)N(CC(=O)Nc2ccc3c(ccn3CCN3CCOCC3)c2)C1=O. The molecular weight excluding hydrogens is 410 g/mol. The fraction of sp³-hybridized carbons (Fsp3) is 0.522. The third-order valence-electron chi connectivity index (χ3n) is 6.81. The molecule has 0 spiro atoms. The van der Waals surface area contributed by atoms with E-state index in [1.54, 1.807) is 6.92 Å². The Bertz CT molecular complexity index is 1060. The lowest BCUT2D eigenvalue weighted by atomic mass is 9.96.